The smallest absolute Gasteiger partial charge is 0.418 e. The molecule has 0 heterocycles. The first-order chi connectivity index (χ1) is 9.24. The summed E-state index contributed by atoms with van der Waals surface area (Å²) in [5.74, 6) is 0. The van der Waals surface area contributed by atoms with Crippen LogP contribution in [0.3, 0.4) is 0 Å². The second-order valence-corrected chi connectivity index (χ2v) is 10.0. The Morgan fingerprint density at radius 2 is 0.900 bits per heavy atom. The molecule has 0 saturated heterocycles. The molecular weight excluding hydrogens is 286 g/mol. The molecule has 124 valence electrons. The number of rotatable bonds is 10. The highest BCUT2D eigenvalue weighted by molar-refractivity contribution is 7.75. The lowest BCUT2D eigenvalue weighted by Gasteiger charge is -2.26. The average molecular weight is 318 g/mol. The van der Waals surface area contributed by atoms with Crippen LogP contribution in [-0.4, -0.2) is 31.9 Å². The van der Waals surface area contributed by atoms with Gasteiger partial charge in [-0.2, -0.15) is 0 Å². The van der Waals surface area contributed by atoms with Crippen molar-refractivity contribution in [1.29, 1.82) is 0 Å². The normalized spacial score (nSPS) is 12.0. The third-order valence-corrected chi connectivity index (χ3v) is 8.77. The monoisotopic (exact) mass is 318 g/mol. The Kier molecular flexibility index (Phi) is 14.5. The summed E-state index contributed by atoms with van der Waals surface area (Å²) in [6.07, 6.45) is 14.9. The first kappa shape index (κ1) is 22.5. The fourth-order valence-corrected chi connectivity index (χ4v) is 6.87. The minimum Gasteiger partial charge on any atom is -0.418 e. The van der Waals surface area contributed by atoms with Crippen molar-refractivity contribution in [1.82, 2.24) is 0 Å². The molecular formula is C14H32BF4P. The summed E-state index contributed by atoms with van der Waals surface area (Å²) < 4.78 is 39.0. The largest absolute Gasteiger partial charge is 0.673 e. The minimum atomic E-state index is -6.00. The summed E-state index contributed by atoms with van der Waals surface area (Å²) in [5.41, 5.74) is 0. The molecule has 0 aliphatic heterocycles. The van der Waals surface area contributed by atoms with E-state index in [4.69, 9.17) is 0 Å². The zero-order valence-corrected chi connectivity index (χ0v) is 14.5. The van der Waals surface area contributed by atoms with Crippen molar-refractivity contribution in [2.45, 2.75) is 66.2 Å². The van der Waals surface area contributed by atoms with Crippen LogP contribution in [0.25, 0.3) is 0 Å². The van der Waals surface area contributed by atoms with Gasteiger partial charge in [-0.3, -0.25) is 0 Å². The highest BCUT2D eigenvalue weighted by Crippen LogP contribution is 2.60. The van der Waals surface area contributed by atoms with E-state index in [0.29, 0.717) is 0 Å². The van der Waals surface area contributed by atoms with Gasteiger partial charge in [-0.1, -0.05) is 40.0 Å². The van der Waals surface area contributed by atoms with Crippen LogP contribution in [0.1, 0.15) is 66.2 Å². The SMILES string of the molecule is CCCC[P+](CC)(CCCC)CCCC.F[B-](F)(F)F. The van der Waals surface area contributed by atoms with Crippen LogP contribution < -0.4 is 0 Å². The maximum atomic E-state index is 9.75. The molecule has 0 aliphatic carbocycles. The van der Waals surface area contributed by atoms with E-state index in [0.717, 1.165) is 0 Å². The van der Waals surface area contributed by atoms with Crippen molar-refractivity contribution in [2.75, 3.05) is 24.6 Å². The number of hydrogen-bond donors (Lipinski definition) is 0. The summed E-state index contributed by atoms with van der Waals surface area (Å²) in [6, 6.07) is 0. The van der Waals surface area contributed by atoms with Crippen LogP contribution in [0.5, 0.6) is 0 Å². The maximum Gasteiger partial charge on any atom is 0.673 e. The summed E-state index contributed by atoms with van der Waals surface area (Å²) in [4.78, 5) is 0. The molecule has 0 spiro atoms. The van der Waals surface area contributed by atoms with Crippen molar-refractivity contribution in [2.24, 2.45) is 0 Å². The fourth-order valence-electron chi connectivity index (χ4n) is 2.29. The van der Waals surface area contributed by atoms with Crippen LogP contribution in [0, 0.1) is 0 Å². The van der Waals surface area contributed by atoms with E-state index in [1.165, 1.54) is 44.7 Å². The fraction of sp³-hybridized carbons (Fsp3) is 1.00. The van der Waals surface area contributed by atoms with Gasteiger partial charge in [-0.25, -0.2) is 0 Å². The van der Waals surface area contributed by atoms with E-state index in [1.54, 1.807) is 18.5 Å². The minimum absolute atomic E-state index is 0.527. The molecule has 0 radical (unpaired) electrons. The van der Waals surface area contributed by atoms with Crippen molar-refractivity contribution in [3.05, 3.63) is 0 Å². The van der Waals surface area contributed by atoms with Gasteiger partial charge in [0.25, 0.3) is 0 Å². The third kappa shape index (κ3) is 16.3. The van der Waals surface area contributed by atoms with Gasteiger partial charge in [-0.05, 0) is 26.2 Å². The Labute approximate surface area is 123 Å². The lowest BCUT2D eigenvalue weighted by Crippen LogP contribution is -2.11. The van der Waals surface area contributed by atoms with Gasteiger partial charge in [0.2, 0.25) is 0 Å². The molecule has 0 aliphatic rings. The summed E-state index contributed by atoms with van der Waals surface area (Å²) in [5, 5.41) is 0. The second-order valence-electron chi connectivity index (χ2n) is 5.38. The highest BCUT2D eigenvalue weighted by atomic mass is 31.2. The lowest BCUT2D eigenvalue weighted by molar-refractivity contribution is 0.368. The number of hydrogen-bond acceptors (Lipinski definition) is 0. The van der Waals surface area contributed by atoms with E-state index in [1.807, 2.05) is 0 Å². The number of unbranched alkanes of at least 4 members (excludes halogenated alkanes) is 3. The molecule has 6 heteroatoms. The molecule has 0 fully saturated rings. The first-order valence-corrected chi connectivity index (χ1v) is 10.5. The van der Waals surface area contributed by atoms with Crippen LogP contribution in [0.2, 0.25) is 0 Å². The summed E-state index contributed by atoms with van der Waals surface area (Å²) >= 11 is 0. The standard InChI is InChI=1S/C14H32P.BF4/c1-5-9-12-15(8-4,13-10-6-2)14-11-7-3;2-1(3,4)5/h5-14H2,1-4H3;/q+1;-1. The molecule has 20 heavy (non-hydrogen) atoms. The van der Waals surface area contributed by atoms with Gasteiger partial charge in [0.05, 0.1) is 24.6 Å². The molecule has 0 aromatic carbocycles. The van der Waals surface area contributed by atoms with E-state index < -0.39 is 14.5 Å². The predicted octanol–water partition coefficient (Wildman–Crippen LogP) is 6.72. The molecule has 0 N–H and O–H groups in total. The summed E-state index contributed by atoms with van der Waals surface area (Å²) in [7, 11) is -6.53. The Morgan fingerprint density at radius 3 is 1.05 bits per heavy atom. The van der Waals surface area contributed by atoms with E-state index in [-0.39, 0.29) is 0 Å². The Morgan fingerprint density at radius 1 is 0.650 bits per heavy atom. The molecule has 0 nitrogen and oxygen atoms in total. The van der Waals surface area contributed by atoms with Gasteiger partial charge in [0, 0.05) is 7.26 Å². The Balaban J connectivity index is 0. The first-order valence-electron chi connectivity index (χ1n) is 7.97. The molecule has 0 bridgehead atoms. The topological polar surface area (TPSA) is 0 Å². The zero-order valence-electron chi connectivity index (χ0n) is 13.6. The molecule has 0 aromatic heterocycles. The van der Waals surface area contributed by atoms with Gasteiger partial charge < -0.3 is 17.3 Å². The quantitative estimate of drug-likeness (QED) is 0.238. The Hall–Kier alpha value is 0.215. The lowest BCUT2D eigenvalue weighted by atomic mass is 10.3. The third-order valence-electron chi connectivity index (χ3n) is 3.63. The van der Waals surface area contributed by atoms with Crippen LogP contribution in [0.4, 0.5) is 17.3 Å². The second kappa shape index (κ2) is 12.9. The van der Waals surface area contributed by atoms with Gasteiger partial charge >= 0.3 is 7.25 Å². The van der Waals surface area contributed by atoms with Gasteiger partial charge in [0.15, 0.2) is 0 Å². The van der Waals surface area contributed by atoms with Gasteiger partial charge in [-0.15, -0.1) is 0 Å². The number of halogens is 4. The summed E-state index contributed by atoms with van der Waals surface area (Å²) in [6.45, 7) is 9.46. The molecule has 0 amide bonds. The molecule has 0 unspecified atom stereocenters. The maximum absolute atomic E-state index is 9.75. The molecule has 0 atom stereocenters. The van der Waals surface area contributed by atoms with Crippen molar-refractivity contribution in [3.63, 3.8) is 0 Å². The average Bonchev–Trinajstić information content (AvgIpc) is 2.37. The molecule has 0 aromatic rings. The van der Waals surface area contributed by atoms with Crippen LogP contribution >= 0.6 is 7.26 Å². The van der Waals surface area contributed by atoms with Crippen LogP contribution in [0.15, 0.2) is 0 Å². The van der Waals surface area contributed by atoms with Crippen molar-refractivity contribution >= 4 is 14.5 Å². The van der Waals surface area contributed by atoms with Crippen molar-refractivity contribution in [3.8, 4) is 0 Å². The Bertz CT molecular complexity index is 182. The van der Waals surface area contributed by atoms with Crippen molar-refractivity contribution < 1.29 is 17.3 Å². The predicted molar refractivity (Wildman–Crippen MR) is 87.0 cm³/mol. The van der Waals surface area contributed by atoms with Gasteiger partial charge in [0.1, 0.15) is 0 Å². The van der Waals surface area contributed by atoms with E-state index in [2.05, 4.69) is 27.7 Å². The molecule has 0 saturated carbocycles. The van der Waals surface area contributed by atoms with Crippen LogP contribution in [-0.2, 0) is 0 Å². The zero-order chi connectivity index (χ0) is 16.1. The molecule has 0 rings (SSSR count). The van der Waals surface area contributed by atoms with E-state index in [9.17, 15) is 17.3 Å². The van der Waals surface area contributed by atoms with E-state index >= 15 is 0 Å². The highest BCUT2D eigenvalue weighted by Gasteiger charge is 2.32.